The molecule has 1 aromatic carbocycles. The Bertz CT molecular complexity index is 585. The predicted octanol–water partition coefficient (Wildman–Crippen LogP) is 0.575. The van der Waals surface area contributed by atoms with E-state index in [2.05, 4.69) is 13.0 Å². The van der Waals surface area contributed by atoms with Crippen molar-refractivity contribution in [2.45, 2.75) is 45.2 Å². The van der Waals surface area contributed by atoms with E-state index in [1.54, 1.807) is 26.2 Å². The SMILES string of the molecule is COc1cc(OC)c(OC)cc1C[NH+]1CC[NH+]([C@H]2CCC[C@@H](C)C2)CC1. The topological polar surface area (TPSA) is 36.6 Å². The number of quaternary nitrogens is 2. The van der Waals surface area contributed by atoms with Crippen LogP contribution in [0.2, 0.25) is 0 Å². The van der Waals surface area contributed by atoms with Gasteiger partial charge in [0.2, 0.25) is 0 Å². The minimum Gasteiger partial charge on any atom is -0.496 e. The van der Waals surface area contributed by atoms with Crippen LogP contribution in [-0.4, -0.2) is 53.6 Å². The lowest BCUT2D eigenvalue weighted by atomic mass is 9.86. The van der Waals surface area contributed by atoms with Gasteiger partial charge < -0.3 is 24.0 Å². The van der Waals surface area contributed by atoms with E-state index in [1.165, 1.54) is 57.4 Å². The van der Waals surface area contributed by atoms with E-state index in [0.29, 0.717) is 0 Å². The maximum absolute atomic E-state index is 5.60. The number of methoxy groups -OCH3 is 3. The average Bonchev–Trinajstić information content (AvgIpc) is 2.68. The molecule has 0 amide bonds. The Morgan fingerprint density at radius 2 is 1.54 bits per heavy atom. The van der Waals surface area contributed by atoms with Gasteiger partial charge in [-0.3, -0.25) is 0 Å². The Kier molecular flexibility index (Phi) is 6.65. The summed E-state index contributed by atoms with van der Waals surface area (Å²) in [5.74, 6) is 3.32. The van der Waals surface area contributed by atoms with Crippen LogP contribution in [0.1, 0.15) is 38.2 Å². The normalized spacial score (nSPS) is 29.2. The van der Waals surface area contributed by atoms with Gasteiger partial charge in [0.25, 0.3) is 0 Å². The first-order valence-electron chi connectivity index (χ1n) is 10.1. The van der Waals surface area contributed by atoms with Gasteiger partial charge in [0.15, 0.2) is 11.5 Å². The zero-order chi connectivity index (χ0) is 18.5. The molecule has 0 radical (unpaired) electrons. The summed E-state index contributed by atoms with van der Waals surface area (Å²) in [6.07, 6.45) is 5.71. The third-order valence-corrected chi connectivity index (χ3v) is 6.34. The number of ether oxygens (including phenoxy) is 3. The van der Waals surface area contributed by atoms with Gasteiger partial charge >= 0.3 is 0 Å². The summed E-state index contributed by atoms with van der Waals surface area (Å²) in [6.45, 7) is 8.47. The molecule has 26 heavy (non-hydrogen) atoms. The number of hydrogen-bond donors (Lipinski definition) is 2. The van der Waals surface area contributed by atoms with Gasteiger partial charge in [-0.05, 0) is 24.8 Å². The van der Waals surface area contributed by atoms with Gasteiger partial charge in [-0.15, -0.1) is 0 Å². The highest BCUT2D eigenvalue weighted by molar-refractivity contribution is 5.50. The van der Waals surface area contributed by atoms with Crippen molar-refractivity contribution >= 4 is 0 Å². The van der Waals surface area contributed by atoms with Crippen LogP contribution in [0.5, 0.6) is 17.2 Å². The van der Waals surface area contributed by atoms with Crippen LogP contribution in [0.4, 0.5) is 0 Å². The van der Waals surface area contributed by atoms with Crippen LogP contribution >= 0.6 is 0 Å². The molecule has 1 saturated heterocycles. The van der Waals surface area contributed by atoms with Gasteiger partial charge in [0, 0.05) is 12.5 Å². The molecule has 3 rings (SSSR count). The minimum absolute atomic E-state index is 0.726. The Balaban J connectivity index is 1.60. The fourth-order valence-corrected chi connectivity index (χ4v) is 4.81. The van der Waals surface area contributed by atoms with E-state index >= 15 is 0 Å². The molecule has 0 bridgehead atoms. The summed E-state index contributed by atoms with van der Waals surface area (Å²) in [7, 11) is 5.08. The lowest BCUT2D eigenvalue weighted by Gasteiger charge is -2.37. The lowest BCUT2D eigenvalue weighted by Crippen LogP contribution is -3.29. The molecule has 2 N–H and O–H groups in total. The van der Waals surface area contributed by atoms with Gasteiger partial charge in [0.1, 0.15) is 38.5 Å². The van der Waals surface area contributed by atoms with Crippen LogP contribution in [-0.2, 0) is 6.54 Å². The van der Waals surface area contributed by atoms with E-state index in [0.717, 1.165) is 35.8 Å². The van der Waals surface area contributed by atoms with Crippen molar-refractivity contribution in [1.82, 2.24) is 0 Å². The second-order valence-corrected chi connectivity index (χ2v) is 8.07. The molecule has 2 aliphatic rings. The highest BCUT2D eigenvalue weighted by Gasteiger charge is 2.32. The number of piperazine rings is 1. The zero-order valence-electron chi connectivity index (χ0n) is 16.9. The Morgan fingerprint density at radius 1 is 0.885 bits per heavy atom. The molecule has 1 aliphatic heterocycles. The van der Waals surface area contributed by atoms with Crippen LogP contribution in [0, 0.1) is 5.92 Å². The first-order valence-corrected chi connectivity index (χ1v) is 10.1. The van der Waals surface area contributed by atoms with Crippen molar-refractivity contribution in [1.29, 1.82) is 0 Å². The quantitative estimate of drug-likeness (QED) is 0.775. The molecular formula is C21H36N2O3+2. The van der Waals surface area contributed by atoms with E-state index in [4.69, 9.17) is 14.2 Å². The third kappa shape index (κ3) is 4.44. The van der Waals surface area contributed by atoms with Gasteiger partial charge in [-0.1, -0.05) is 13.3 Å². The van der Waals surface area contributed by atoms with Crippen molar-refractivity contribution in [3.05, 3.63) is 17.7 Å². The van der Waals surface area contributed by atoms with E-state index < -0.39 is 0 Å². The summed E-state index contributed by atoms with van der Waals surface area (Å²) >= 11 is 0. The van der Waals surface area contributed by atoms with Crippen molar-refractivity contribution in [3.63, 3.8) is 0 Å². The second-order valence-electron chi connectivity index (χ2n) is 8.07. The van der Waals surface area contributed by atoms with E-state index in [-0.39, 0.29) is 0 Å². The molecule has 2 fully saturated rings. The molecular weight excluding hydrogens is 328 g/mol. The van der Waals surface area contributed by atoms with Gasteiger partial charge in [-0.2, -0.15) is 0 Å². The number of hydrogen-bond acceptors (Lipinski definition) is 3. The molecule has 5 heteroatoms. The summed E-state index contributed by atoms with van der Waals surface area (Å²) in [6, 6.07) is 4.92. The second kappa shape index (κ2) is 8.96. The highest BCUT2D eigenvalue weighted by atomic mass is 16.5. The van der Waals surface area contributed by atoms with E-state index in [1.807, 2.05) is 11.0 Å². The molecule has 1 aliphatic carbocycles. The molecule has 146 valence electrons. The fourth-order valence-electron chi connectivity index (χ4n) is 4.81. The van der Waals surface area contributed by atoms with Crippen LogP contribution < -0.4 is 24.0 Å². The number of benzene rings is 1. The summed E-state index contributed by atoms with van der Waals surface area (Å²) in [5.41, 5.74) is 1.20. The number of rotatable bonds is 6. The molecule has 0 spiro atoms. The molecule has 1 saturated carbocycles. The number of nitrogens with one attached hydrogen (secondary N) is 2. The highest BCUT2D eigenvalue weighted by Crippen LogP contribution is 2.34. The minimum atomic E-state index is 0.726. The maximum atomic E-state index is 5.60. The van der Waals surface area contributed by atoms with Crippen molar-refractivity contribution in [3.8, 4) is 17.2 Å². The van der Waals surface area contributed by atoms with Crippen LogP contribution in [0.25, 0.3) is 0 Å². The van der Waals surface area contributed by atoms with Crippen molar-refractivity contribution in [2.75, 3.05) is 47.5 Å². The first-order chi connectivity index (χ1) is 12.6. The van der Waals surface area contributed by atoms with Gasteiger partial charge in [0.05, 0.1) is 32.9 Å². The molecule has 1 aromatic rings. The molecule has 2 atom stereocenters. The monoisotopic (exact) mass is 364 g/mol. The summed E-state index contributed by atoms with van der Waals surface area (Å²) < 4.78 is 16.5. The van der Waals surface area contributed by atoms with Crippen LogP contribution in [0.3, 0.4) is 0 Å². The Labute approximate surface area is 158 Å². The Hall–Kier alpha value is -1.46. The summed E-state index contributed by atoms with van der Waals surface area (Å²) in [5, 5.41) is 0. The fraction of sp³-hybridized carbons (Fsp3) is 0.714. The molecule has 0 unspecified atom stereocenters. The maximum Gasteiger partial charge on any atom is 0.164 e. The third-order valence-electron chi connectivity index (χ3n) is 6.34. The lowest BCUT2D eigenvalue weighted by molar-refractivity contribution is -1.03. The largest absolute Gasteiger partial charge is 0.496 e. The van der Waals surface area contributed by atoms with Crippen molar-refractivity contribution in [2.24, 2.45) is 5.92 Å². The van der Waals surface area contributed by atoms with Crippen LogP contribution in [0.15, 0.2) is 12.1 Å². The summed E-state index contributed by atoms with van der Waals surface area (Å²) in [4.78, 5) is 3.49. The first kappa shape index (κ1) is 19.3. The molecule has 1 heterocycles. The molecule has 0 aromatic heterocycles. The van der Waals surface area contributed by atoms with Crippen molar-refractivity contribution < 1.29 is 24.0 Å². The zero-order valence-corrected chi connectivity index (χ0v) is 16.9. The predicted molar refractivity (Wildman–Crippen MR) is 103 cm³/mol. The van der Waals surface area contributed by atoms with E-state index in [9.17, 15) is 0 Å². The Morgan fingerprint density at radius 3 is 2.15 bits per heavy atom. The smallest absolute Gasteiger partial charge is 0.164 e. The molecule has 5 nitrogen and oxygen atoms in total. The standard InChI is InChI=1S/C21H34N2O3/c1-16-6-5-7-18(12-16)23-10-8-22(9-11-23)15-17-13-20(25-3)21(26-4)14-19(17)24-2/h13-14,16,18H,5-12,15H2,1-4H3/p+2/t16-,18+/m1/s1. The average molecular weight is 365 g/mol. The van der Waals surface area contributed by atoms with Gasteiger partial charge in [-0.25, -0.2) is 0 Å².